The standard InChI is InChI=1S/C21H28N2O3S/c1-21(2,3)18-11-8-16(9-12-18)10-13-20(24)23-15-17-6-5-7-19(14-17)27(25,26)22-4/h5-9,11-12,14,22H,10,13,15H2,1-4H3,(H,23,24). The van der Waals surface area contributed by atoms with Gasteiger partial charge in [-0.15, -0.1) is 0 Å². The molecule has 2 rings (SSSR count). The Labute approximate surface area is 162 Å². The zero-order valence-electron chi connectivity index (χ0n) is 16.4. The predicted molar refractivity (Wildman–Crippen MR) is 108 cm³/mol. The lowest BCUT2D eigenvalue weighted by molar-refractivity contribution is -0.121. The number of sulfonamides is 1. The summed E-state index contributed by atoms with van der Waals surface area (Å²) in [5.74, 6) is -0.0585. The topological polar surface area (TPSA) is 75.3 Å². The number of benzene rings is 2. The van der Waals surface area contributed by atoms with Gasteiger partial charge in [0.2, 0.25) is 15.9 Å². The van der Waals surface area contributed by atoms with E-state index in [2.05, 4.69) is 55.1 Å². The van der Waals surface area contributed by atoms with Crippen LogP contribution in [0.4, 0.5) is 0 Å². The van der Waals surface area contributed by atoms with Gasteiger partial charge in [-0.05, 0) is 47.7 Å². The molecule has 0 saturated heterocycles. The van der Waals surface area contributed by atoms with Crippen LogP contribution in [0.5, 0.6) is 0 Å². The Bertz CT molecular complexity index is 882. The van der Waals surface area contributed by atoms with Crippen LogP contribution in [0.25, 0.3) is 0 Å². The van der Waals surface area contributed by atoms with E-state index in [-0.39, 0.29) is 16.2 Å². The van der Waals surface area contributed by atoms with Crippen molar-refractivity contribution in [3.8, 4) is 0 Å². The summed E-state index contributed by atoms with van der Waals surface area (Å²) < 4.78 is 26.0. The van der Waals surface area contributed by atoms with Crippen LogP contribution in [0.1, 0.15) is 43.9 Å². The smallest absolute Gasteiger partial charge is 0.240 e. The lowest BCUT2D eigenvalue weighted by atomic mass is 9.86. The van der Waals surface area contributed by atoms with E-state index in [9.17, 15) is 13.2 Å². The fourth-order valence-electron chi connectivity index (χ4n) is 2.66. The molecule has 2 N–H and O–H groups in total. The Balaban J connectivity index is 1.87. The maximum atomic E-state index is 12.1. The molecular weight excluding hydrogens is 360 g/mol. The maximum Gasteiger partial charge on any atom is 0.240 e. The van der Waals surface area contributed by atoms with Crippen molar-refractivity contribution >= 4 is 15.9 Å². The van der Waals surface area contributed by atoms with E-state index in [1.165, 1.54) is 18.7 Å². The normalized spacial score (nSPS) is 12.0. The molecule has 0 fully saturated rings. The van der Waals surface area contributed by atoms with Crippen molar-refractivity contribution in [3.05, 3.63) is 65.2 Å². The summed E-state index contributed by atoms with van der Waals surface area (Å²) >= 11 is 0. The minimum Gasteiger partial charge on any atom is -0.352 e. The van der Waals surface area contributed by atoms with E-state index in [1.54, 1.807) is 18.2 Å². The van der Waals surface area contributed by atoms with Crippen LogP contribution >= 0.6 is 0 Å². The molecule has 5 nitrogen and oxygen atoms in total. The number of carbonyl (C=O) groups is 1. The molecule has 2 aromatic rings. The van der Waals surface area contributed by atoms with Crippen LogP contribution in [0.15, 0.2) is 53.4 Å². The second-order valence-electron chi connectivity index (χ2n) is 7.58. The number of rotatable bonds is 7. The van der Waals surface area contributed by atoms with Crippen LogP contribution in [0.2, 0.25) is 0 Å². The molecule has 6 heteroatoms. The van der Waals surface area contributed by atoms with Crippen LogP contribution in [0.3, 0.4) is 0 Å². The van der Waals surface area contributed by atoms with Crippen LogP contribution in [-0.2, 0) is 33.2 Å². The Kier molecular flexibility index (Phi) is 6.78. The van der Waals surface area contributed by atoms with Crippen molar-refractivity contribution < 1.29 is 13.2 Å². The molecule has 0 aromatic heterocycles. The van der Waals surface area contributed by atoms with Gasteiger partial charge in [-0.2, -0.15) is 0 Å². The molecule has 0 aliphatic carbocycles. The summed E-state index contributed by atoms with van der Waals surface area (Å²) in [4.78, 5) is 12.3. The van der Waals surface area contributed by atoms with Crippen LogP contribution < -0.4 is 10.0 Å². The zero-order valence-corrected chi connectivity index (χ0v) is 17.2. The maximum absolute atomic E-state index is 12.1. The molecular formula is C21H28N2O3S. The van der Waals surface area contributed by atoms with Gasteiger partial charge >= 0.3 is 0 Å². The van der Waals surface area contributed by atoms with Crippen molar-refractivity contribution in [1.82, 2.24) is 10.0 Å². The SMILES string of the molecule is CNS(=O)(=O)c1cccc(CNC(=O)CCc2ccc(C(C)(C)C)cc2)c1. The largest absolute Gasteiger partial charge is 0.352 e. The van der Waals surface area contributed by atoms with Crippen molar-refractivity contribution in [2.24, 2.45) is 0 Å². The highest BCUT2D eigenvalue weighted by Crippen LogP contribution is 2.22. The van der Waals surface area contributed by atoms with Crippen molar-refractivity contribution in [3.63, 3.8) is 0 Å². The Morgan fingerprint density at radius 3 is 2.26 bits per heavy atom. The van der Waals surface area contributed by atoms with Gasteiger partial charge in [-0.25, -0.2) is 13.1 Å². The highest BCUT2D eigenvalue weighted by atomic mass is 32.2. The van der Waals surface area contributed by atoms with Gasteiger partial charge in [0.1, 0.15) is 0 Å². The molecule has 0 atom stereocenters. The lowest BCUT2D eigenvalue weighted by Crippen LogP contribution is -2.23. The molecule has 146 valence electrons. The second kappa shape index (κ2) is 8.67. The first-order valence-corrected chi connectivity index (χ1v) is 10.5. The number of hydrogen-bond acceptors (Lipinski definition) is 3. The monoisotopic (exact) mass is 388 g/mol. The third-order valence-electron chi connectivity index (χ3n) is 4.43. The minimum absolute atomic E-state index is 0.0585. The van der Waals surface area contributed by atoms with Crippen LogP contribution in [0, 0.1) is 0 Å². The predicted octanol–water partition coefficient (Wildman–Crippen LogP) is 3.14. The molecule has 0 saturated carbocycles. The van der Waals surface area contributed by atoms with E-state index in [0.717, 1.165) is 11.1 Å². The number of aryl methyl sites for hydroxylation is 1. The summed E-state index contributed by atoms with van der Waals surface area (Å²) in [5, 5.41) is 2.85. The van der Waals surface area contributed by atoms with Crippen molar-refractivity contribution in [2.45, 2.75) is 50.5 Å². The average molecular weight is 389 g/mol. The van der Waals surface area contributed by atoms with Gasteiger partial charge in [0.05, 0.1) is 4.90 Å². The van der Waals surface area contributed by atoms with E-state index < -0.39 is 10.0 Å². The van der Waals surface area contributed by atoms with E-state index >= 15 is 0 Å². The summed E-state index contributed by atoms with van der Waals surface area (Å²) in [6, 6.07) is 14.9. The molecule has 0 heterocycles. The lowest BCUT2D eigenvalue weighted by Gasteiger charge is -2.19. The minimum atomic E-state index is -3.48. The van der Waals surface area contributed by atoms with Gasteiger partial charge in [-0.3, -0.25) is 4.79 Å². The van der Waals surface area contributed by atoms with Crippen molar-refractivity contribution in [2.75, 3.05) is 7.05 Å². The number of carbonyl (C=O) groups excluding carboxylic acids is 1. The third kappa shape index (κ3) is 6.19. The molecule has 27 heavy (non-hydrogen) atoms. The number of hydrogen-bond donors (Lipinski definition) is 2. The van der Waals surface area contributed by atoms with Crippen molar-refractivity contribution in [1.29, 1.82) is 0 Å². The molecule has 2 aromatic carbocycles. The molecule has 0 unspecified atom stereocenters. The van der Waals surface area contributed by atoms with E-state index in [1.807, 2.05) is 0 Å². The molecule has 0 spiro atoms. The van der Waals surface area contributed by atoms with E-state index in [4.69, 9.17) is 0 Å². The molecule has 0 aliphatic rings. The summed E-state index contributed by atoms with van der Waals surface area (Å²) in [7, 11) is -2.11. The van der Waals surface area contributed by atoms with Gasteiger partial charge in [0, 0.05) is 13.0 Å². The summed E-state index contributed by atoms with van der Waals surface area (Å²) in [6.07, 6.45) is 1.06. The van der Waals surface area contributed by atoms with Gasteiger partial charge in [0.15, 0.2) is 0 Å². The highest BCUT2D eigenvalue weighted by Gasteiger charge is 2.13. The molecule has 1 amide bonds. The Hall–Kier alpha value is -2.18. The summed E-state index contributed by atoms with van der Waals surface area (Å²) in [6.45, 7) is 6.82. The number of amides is 1. The molecule has 0 radical (unpaired) electrons. The quantitative estimate of drug-likeness (QED) is 0.765. The highest BCUT2D eigenvalue weighted by molar-refractivity contribution is 7.89. The first kappa shape index (κ1) is 21.1. The van der Waals surface area contributed by atoms with E-state index in [0.29, 0.717) is 19.4 Å². The molecule has 0 aliphatic heterocycles. The third-order valence-corrected chi connectivity index (χ3v) is 5.84. The molecule has 0 bridgehead atoms. The van der Waals surface area contributed by atoms with Gasteiger partial charge in [-0.1, -0.05) is 57.2 Å². The Morgan fingerprint density at radius 2 is 1.67 bits per heavy atom. The zero-order chi connectivity index (χ0) is 20.1. The van der Waals surface area contributed by atoms with Gasteiger partial charge in [0.25, 0.3) is 0 Å². The Morgan fingerprint density at radius 1 is 1.00 bits per heavy atom. The average Bonchev–Trinajstić information content (AvgIpc) is 2.64. The second-order valence-corrected chi connectivity index (χ2v) is 9.47. The van der Waals surface area contributed by atoms with Gasteiger partial charge < -0.3 is 5.32 Å². The summed E-state index contributed by atoms with van der Waals surface area (Å²) in [5.41, 5.74) is 3.26. The fraction of sp³-hybridized carbons (Fsp3) is 0.381. The number of nitrogens with one attached hydrogen (secondary N) is 2. The first-order chi connectivity index (χ1) is 12.6. The first-order valence-electron chi connectivity index (χ1n) is 9.00. The fourth-order valence-corrected chi connectivity index (χ4v) is 3.46. The van der Waals surface area contributed by atoms with Crippen LogP contribution in [-0.4, -0.2) is 21.4 Å².